The third kappa shape index (κ3) is 3.18. The first kappa shape index (κ1) is 12.8. The average Bonchev–Trinajstić information content (AvgIpc) is 2.38. The summed E-state index contributed by atoms with van der Waals surface area (Å²) in [6.07, 6.45) is 3.29. The second-order valence-corrected chi connectivity index (χ2v) is 4.70. The van der Waals surface area contributed by atoms with Gasteiger partial charge in [0, 0.05) is 35.3 Å². The zero-order valence-electron chi connectivity index (χ0n) is 9.12. The van der Waals surface area contributed by atoms with Crippen LogP contribution in [0.3, 0.4) is 0 Å². The molecule has 0 aliphatic rings. The third-order valence-corrected chi connectivity index (χ3v) is 3.43. The monoisotopic (exact) mass is 281 g/mol. The van der Waals surface area contributed by atoms with Gasteiger partial charge in [-0.25, -0.2) is 9.97 Å². The summed E-state index contributed by atoms with van der Waals surface area (Å²) in [4.78, 5) is 18.3. The molecule has 0 atom stereocenters. The van der Waals surface area contributed by atoms with Crippen LogP contribution in [0.2, 0.25) is 5.02 Å². The number of nitrogens with zero attached hydrogens (tertiary/aromatic N) is 3. The van der Waals surface area contributed by atoms with E-state index in [1.807, 2.05) is 0 Å². The maximum absolute atomic E-state index is 10.7. The van der Waals surface area contributed by atoms with Crippen molar-refractivity contribution >= 4 is 29.1 Å². The fraction of sp³-hybridized carbons (Fsp3) is 0.0909. The maximum atomic E-state index is 10.7. The minimum absolute atomic E-state index is 0.0315. The summed E-state index contributed by atoms with van der Waals surface area (Å²) >= 11 is 7.37. The normalized spacial score (nSPS) is 10.3. The Labute approximate surface area is 112 Å². The molecule has 0 spiro atoms. The summed E-state index contributed by atoms with van der Waals surface area (Å²) in [6, 6.07) is 6.11. The molecule has 7 heteroatoms. The lowest BCUT2D eigenvalue weighted by molar-refractivity contribution is -0.384. The standard InChI is InChI=1S/C11H8ClN3O2S/c12-10-3-2-9(15(16)17)6-8(10)7-18-11-13-4-1-5-14-11/h1-6H,7H2. The molecule has 0 saturated heterocycles. The first-order valence-corrected chi connectivity index (χ1v) is 6.36. The first-order valence-electron chi connectivity index (χ1n) is 4.99. The highest BCUT2D eigenvalue weighted by molar-refractivity contribution is 7.98. The Morgan fingerprint density at radius 1 is 1.33 bits per heavy atom. The van der Waals surface area contributed by atoms with Gasteiger partial charge in [0.05, 0.1) is 4.92 Å². The number of nitro benzene ring substituents is 1. The highest BCUT2D eigenvalue weighted by Gasteiger charge is 2.10. The number of hydrogen-bond acceptors (Lipinski definition) is 5. The van der Waals surface area contributed by atoms with E-state index in [1.54, 1.807) is 18.5 Å². The topological polar surface area (TPSA) is 68.9 Å². The van der Waals surface area contributed by atoms with Gasteiger partial charge in [0.2, 0.25) is 0 Å². The molecule has 0 bridgehead atoms. The summed E-state index contributed by atoms with van der Waals surface area (Å²) in [5, 5.41) is 11.8. The van der Waals surface area contributed by atoms with Gasteiger partial charge in [0.15, 0.2) is 5.16 Å². The van der Waals surface area contributed by atoms with Crippen molar-refractivity contribution in [1.29, 1.82) is 0 Å². The first-order chi connectivity index (χ1) is 8.66. The lowest BCUT2D eigenvalue weighted by atomic mass is 10.2. The second kappa shape index (κ2) is 5.79. The number of halogens is 1. The molecule has 1 aromatic heterocycles. The molecule has 0 aliphatic carbocycles. The Balaban J connectivity index is 2.14. The number of rotatable bonds is 4. The van der Waals surface area contributed by atoms with E-state index < -0.39 is 4.92 Å². The summed E-state index contributed by atoms with van der Waals surface area (Å²) < 4.78 is 0. The van der Waals surface area contributed by atoms with E-state index in [4.69, 9.17) is 11.6 Å². The van der Waals surface area contributed by atoms with Gasteiger partial charge in [-0.1, -0.05) is 23.4 Å². The predicted molar refractivity (Wildman–Crippen MR) is 69.7 cm³/mol. The molecule has 18 heavy (non-hydrogen) atoms. The fourth-order valence-corrected chi connectivity index (χ4v) is 2.35. The summed E-state index contributed by atoms with van der Waals surface area (Å²) in [6.45, 7) is 0. The predicted octanol–water partition coefficient (Wildman–Crippen LogP) is 3.33. The zero-order valence-corrected chi connectivity index (χ0v) is 10.7. The maximum Gasteiger partial charge on any atom is 0.269 e. The number of hydrogen-bond donors (Lipinski definition) is 0. The molecule has 0 unspecified atom stereocenters. The Bertz CT molecular complexity index is 565. The molecule has 1 heterocycles. The summed E-state index contributed by atoms with van der Waals surface area (Å²) in [5.41, 5.74) is 0.729. The van der Waals surface area contributed by atoms with Crippen molar-refractivity contribution in [3.63, 3.8) is 0 Å². The molecule has 0 aliphatic heterocycles. The van der Waals surface area contributed by atoms with Gasteiger partial charge < -0.3 is 0 Å². The molecule has 2 aromatic rings. The smallest absolute Gasteiger partial charge is 0.258 e. The fourth-order valence-electron chi connectivity index (χ4n) is 1.29. The Morgan fingerprint density at radius 2 is 2.06 bits per heavy atom. The van der Waals surface area contributed by atoms with Gasteiger partial charge >= 0.3 is 0 Å². The highest BCUT2D eigenvalue weighted by atomic mass is 35.5. The van der Waals surface area contributed by atoms with Crippen LogP contribution in [0.1, 0.15) is 5.56 Å². The molecular formula is C11H8ClN3O2S. The second-order valence-electron chi connectivity index (χ2n) is 3.35. The Kier molecular flexibility index (Phi) is 4.11. The van der Waals surface area contributed by atoms with Crippen LogP contribution in [0.5, 0.6) is 0 Å². The van der Waals surface area contributed by atoms with E-state index in [0.717, 1.165) is 0 Å². The van der Waals surface area contributed by atoms with Crippen LogP contribution >= 0.6 is 23.4 Å². The van der Waals surface area contributed by atoms with Crippen LogP contribution in [0.4, 0.5) is 5.69 Å². The SMILES string of the molecule is O=[N+]([O-])c1ccc(Cl)c(CSc2ncccn2)c1. The van der Waals surface area contributed by atoms with Crippen molar-refractivity contribution < 1.29 is 4.92 Å². The highest BCUT2D eigenvalue weighted by Crippen LogP contribution is 2.27. The van der Waals surface area contributed by atoms with E-state index in [0.29, 0.717) is 21.5 Å². The van der Waals surface area contributed by atoms with Crippen molar-refractivity contribution in [2.24, 2.45) is 0 Å². The molecule has 1 aromatic carbocycles. The quantitative estimate of drug-likeness (QED) is 0.372. The van der Waals surface area contributed by atoms with Crippen LogP contribution in [-0.4, -0.2) is 14.9 Å². The van der Waals surface area contributed by atoms with Gasteiger partial charge in [0.1, 0.15) is 0 Å². The molecule has 0 N–H and O–H groups in total. The van der Waals surface area contributed by atoms with Gasteiger partial charge in [-0.05, 0) is 17.7 Å². The van der Waals surface area contributed by atoms with Gasteiger partial charge in [-0.2, -0.15) is 0 Å². The number of nitro groups is 1. The van der Waals surface area contributed by atoms with Gasteiger partial charge in [-0.15, -0.1) is 0 Å². The summed E-state index contributed by atoms with van der Waals surface area (Å²) in [7, 11) is 0. The van der Waals surface area contributed by atoms with Gasteiger partial charge in [-0.3, -0.25) is 10.1 Å². The average molecular weight is 282 g/mol. The minimum Gasteiger partial charge on any atom is -0.258 e. The van der Waals surface area contributed by atoms with Crippen molar-refractivity contribution in [2.75, 3.05) is 0 Å². The summed E-state index contributed by atoms with van der Waals surface area (Å²) in [5.74, 6) is 0.491. The van der Waals surface area contributed by atoms with Crippen molar-refractivity contribution in [3.05, 3.63) is 57.4 Å². The largest absolute Gasteiger partial charge is 0.269 e. The number of non-ortho nitro benzene ring substituents is 1. The number of thioether (sulfide) groups is 1. The van der Waals surface area contributed by atoms with Crippen LogP contribution in [-0.2, 0) is 5.75 Å². The molecule has 5 nitrogen and oxygen atoms in total. The van der Waals surface area contributed by atoms with E-state index in [-0.39, 0.29) is 5.69 Å². The Morgan fingerprint density at radius 3 is 2.72 bits per heavy atom. The van der Waals surface area contributed by atoms with Crippen LogP contribution < -0.4 is 0 Å². The van der Waals surface area contributed by atoms with Crippen molar-refractivity contribution in [3.8, 4) is 0 Å². The van der Waals surface area contributed by atoms with Gasteiger partial charge in [0.25, 0.3) is 5.69 Å². The number of benzene rings is 1. The molecule has 0 fully saturated rings. The lowest BCUT2D eigenvalue weighted by Gasteiger charge is -2.03. The molecule has 0 saturated carbocycles. The minimum atomic E-state index is -0.441. The van der Waals surface area contributed by atoms with E-state index in [2.05, 4.69) is 9.97 Å². The van der Waals surface area contributed by atoms with E-state index in [1.165, 1.54) is 30.0 Å². The van der Waals surface area contributed by atoms with Crippen molar-refractivity contribution in [1.82, 2.24) is 9.97 Å². The number of aromatic nitrogens is 2. The Hall–Kier alpha value is -1.66. The molecule has 0 amide bonds. The van der Waals surface area contributed by atoms with Crippen LogP contribution in [0.15, 0.2) is 41.8 Å². The molecule has 0 radical (unpaired) electrons. The molecule has 2 rings (SSSR count). The molecule has 92 valence electrons. The lowest BCUT2D eigenvalue weighted by Crippen LogP contribution is -1.91. The van der Waals surface area contributed by atoms with E-state index in [9.17, 15) is 10.1 Å². The van der Waals surface area contributed by atoms with Crippen LogP contribution in [0, 0.1) is 10.1 Å². The van der Waals surface area contributed by atoms with E-state index >= 15 is 0 Å². The zero-order chi connectivity index (χ0) is 13.0. The molecular weight excluding hydrogens is 274 g/mol. The van der Waals surface area contributed by atoms with Crippen LogP contribution in [0.25, 0.3) is 0 Å². The van der Waals surface area contributed by atoms with Crippen molar-refractivity contribution in [2.45, 2.75) is 10.9 Å². The third-order valence-electron chi connectivity index (χ3n) is 2.14.